The summed E-state index contributed by atoms with van der Waals surface area (Å²) < 4.78 is 6.21. The van der Waals surface area contributed by atoms with Crippen LogP contribution in [0.15, 0.2) is 0 Å². The third-order valence-corrected chi connectivity index (χ3v) is 5.76. The molecular formula is C12H24O2Si. The second-order valence-corrected chi connectivity index (χ2v) is 9.57. The van der Waals surface area contributed by atoms with E-state index in [0.29, 0.717) is 6.10 Å². The standard InChI is InChI=1S/C12H24O2Si/c1-4-5-8-15(2,3)14-12-7-6-11(9-12)10-13/h10-12H,4-9H2,1-3H3/t11-,12?/m0/s1. The van der Waals surface area contributed by atoms with Gasteiger partial charge in [0.2, 0.25) is 0 Å². The Morgan fingerprint density at radius 2 is 2.13 bits per heavy atom. The van der Waals surface area contributed by atoms with Gasteiger partial charge in [-0.25, -0.2) is 0 Å². The molecule has 2 nitrogen and oxygen atoms in total. The summed E-state index contributed by atoms with van der Waals surface area (Å²) in [7, 11) is -1.45. The molecule has 0 radical (unpaired) electrons. The second kappa shape index (κ2) is 5.80. The highest BCUT2D eigenvalue weighted by atomic mass is 28.4. The molecule has 1 fully saturated rings. The van der Waals surface area contributed by atoms with Gasteiger partial charge in [0.1, 0.15) is 6.29 Å². The van der Waals surface area contributed by atoms with Crippen molar-refractivity contribution >= 4 is 14.6 Å². The van der Waals surface area contributed by atoms with Crippen molar-refractivity contribution < 1.29 is 9.22 Å². The zero-order chi connectivity index (χ0) is 11.3. The largest absolute Gasteiger partial charge is 0.414 e. The van der Waals surface area contributed by atoms with Gasteiger partial charge in [-0.15, -0.1) is 0 Å². The molecule has 0 spiro atoms. The summed E-state index contributed by atoms with van der Waals surface area (Å²) in [6.07, 6.45) is 7.09. The van der Waals surface area contributed by atoms with Crippen LogP contribution in [0.3, 0.4) is 0 Å². The van der Waals surface area contributed by atoms with Crippen LogP contribution in [-0.4, -0.2) is 20.7 Å². The van der Waals surface area contributed by atoms with Crippen LogP contribution in [0, 0.1) is 5.92 Å². The summed E-state index contributed by atoms with van der Waals surface area (Å²) in [6, 6.07) is 1.26. The molecule has 1 aliphatic carbocycles. The maximum atomic E-state index is 10.6. The first-order valence-electron chi connectivity index (χ1n) is 6.20. The second-order valence-electron chi connectivity index (χ2n) is 5.31. The number of unbranched alkanes of at least 4 members (excludes halogenated alkanes) is 1. The monoisotopic (exact) mass is 228 g/mol. The molecule has 0 aliphatic heterocycles. The van der Waals surface area contributed by atoms with Gasteiger partial charge in [0.05, 0.1) is 0 Å². The lowest BCUT2D eigenvalue weighted by atomic mass is 10.1. The summed E-state index contributed by atoms with van der Waals surface area (Å²) in [6.45, 7) is 6.83. The first kappa shape index (κ1) is 12.9. The van der Waals surface area contributed by atoms with Gasteiger partial charge >= 0.3 is 0 Å². The fourth-order valence-electron chi connectivity index (χ4n) is 2.32. The molecule has 0 aromatic carbocycles. The first-order chi connectivity index (χ1) is 7.07. The molecule has 15 heavy (non-hydrogen) atoms. The van der Waals surface area contributed by atoms with Gasteiger partial charge in [0.15, 0.2) is 8.32 Å². The molecule has 3 heteroatoms. The van der Waals surface area contributed by atoms with Gasteiger partial charge in [-0.1, -0.05) is 19.8 Å². The van der Waals surface area contributed by atoms with E-state index in [0.717, 1.165) is 25.5 Å². The molecule has 88 valence electrons. The van der Waals surface area contributed by atoms with E-state index >= 15 is 0 Å². The molecular weight excluding hydrogens is 204 g/mol. The third kappa shape index (κ3) is 4.47. The van der Waals surface area contributed by atoms with Gasteiger partial charge in [0.25, 0.3) is 0 Å². The van der Waals surface area contributed by atoms with Gasteiger partial charge in [-0.05, 0) is 38.4 Å². The van der Waals surface area contributed by atoms with Crippen LogP contribution in [-0.2, 0) is 9.22 Å². The zero-order valence-electron chi connectivity index (χ0n) is 10.3. The average molecular weight is 228 g/mol. The lowest BCUT2D eigenvalue weighted by Gasteiger charge is -2.27. The van der Waals surface area contributed by atoms with Gasteiger partial charge < -0.3 is 9.22 Å². The molecule has 0 aromatic heterocycles. The molecule has 1 unspecified atom stereocenters. The van der Waals surface area contributed by atoms with Crippen LogP contribution in [0.4, 0.5) is 0 Å². The van der Waals surface area contributed by atoms with E-state index in [1.165, 1.54) is 18.9 Å². The predicted molar refractivity (Wildman–Crippen MR) is 65.5 cm³/mol. The smallest absolute Gasteiger partial charge is 0.187 e. The van der Waals surface area contributed by atoms with Gasteiger partial charge in [-0.2, -0.15) is 0 Å². The molecule has 0 saturated heterocycles. The topological polar surface area (TPSA) is 26.3 Å². The predicted octanol–water partition coefficient (Wildman–Crippen LogP) is 3.38. The maximum absolute atomic E-state index is 10.6. The third-order valence-electron chi connectivity index (χ3n) is 3.24. The van der Waals surface area contributed by atoms with E-state index in [9.17, 15) is 4.79 Å². The van der Waals surface area contributed by atoms with Crippen molar-refractivity contribution in [3.63, 3.8) is 0 Å². The maximum Gasteiger partial charge on any atom is 0.187 e. The van der Waals surface area contributed by atoms with Crippen LogP contribution in [0.1, 0.15) is 39.0 Å². The number of hydrogen-bond donors (Lipinski definition) is 0. The van der Waals surface area contributed by atoms with Crippen molar-refractivity contribution in [2.75, 3.05) is 0 Å². The van der Waals surface area contributed by atoms with Crippen LogP contribution in [0.2, 0.25) is 19.1 Å². The SMILES string of the molecule is CCCC[Si](C)(C)OC1CC[C@H](C=O)C1. The number of rotatable bonds is 6. The number of carbonyl (C=O) groups is 1. The summed E-state index contributed by atoms with van der Waals surface area (Å²) in [5, 5.41) is 0. The highest BCUT2D eigenvalue weighted by Crippen LogP contribution is 2.30. The highest BCUT2D eigenvalue weighted by molar-refractivity contribution is 6.71. The molecule has 0 bridgehead atoms. The molecule has 2 atom stereocenters. The molecule has 0 heterocycles. The first-order valence-corrected chi connectivity index (χ1v) is 9.32. The zero-order valence-corrected chi connectivity index (χ0v) is 11.3. The molecule has 1 aliphatic rings. The summed E-state index contributed by atoms with van der Waals surface area (Å²) >= 11 is 0. The van der Waals surface area contributed by atoms with E-state index < -0.39 is 8.32 Å². The Morgan fingerprint density at radius 3 is 2.67 bits per heavy atom. The Hall–Kier alpha value is -0.153. The minimum Gasteiger partial charge on any atom is -0.414 e. The molecule has 0 N–H and O–H groups in total. The van der Waals surface area contributed by atoms with Gasteiger partial charge in [0, 0.05) is 12.0 Å². The number of carbonyl (C=O) groups excluding carboxylic acids is 1. The number of hydrogen-bond acceptors (Lipinski definition) is 2. The van der Waals surface area contributed by atoms with Crippen LogP contribution in [0.25, 0.3) is 0 Å². The van der Waals surface area contributed by atoms with E-state index in [1.54, 1.807) is 0 Å². The molecule has 1 saturated carbocycles. The molecule has 0 amide bonds. The Balaban J connectivity index is 2.31. The van der Waals surface area contributed by atoms with E-state index in [4.69, 9.17) is 4.43 Å². The van der Waals surface area contributed by atoms with Crippen LogP contribution < -0.4 is 0 Å². The molecule has 0 aromatic rings. The minimum absolute atomic E-state index is 0.269. The quantitative estimate of drug-likeness (QED) is 0.514. The summed E-state index contributed by atoms with van der Waals surface area (Å²) in [5.41, 5.74) is 0. The highest BCUT2D eigenvalue weighted by Gasteiger charge is 2.31. The van der Waals surface area contributed by atoms with Crippen molar-refractivity contribution in [2.24, 2.45) is 5.92 Å². The van der Waals surface area contributed by atoms with Crippen LogP contribution >= 0.6 is 0 Å². The van der Waals surface area contributed by atoms with Crippen molar-refractivity contribution in [1.82, 2.24) is 0 Å². The normalized spacial score (nSPS) is 26.9. The van der Waals surface area contributed by atoms with E-state index in [2.05, 4.69) is 20.0 Å². The van der Waals surface area contributed by atoms with Crippen molar-refractivity contribution in [3.05, 3.63) is 0 Å². The molecule has 1 rings (SSSR count). The Kier molecular flexibility index (Phi) is 5.00. The van der Waals surface area contributed by atoms with Crippen molar-refractivity contribution in [2.45, 2.75) is 64.3 Å². The lowest BCUT2D eigenvalue weighted by molar-refractivity contribution is -0.111. The lowest BCUT2D eigenvalue weighted by Crippen LogP contribution is -2.34. The van der Waals surface area contributed by atoms with Gasteiger partial charge in [-0.3, -0.25) is 0 Å². The fourth-order valence-corrected chi connectivity index (χ4v) is 4.76. The summed E-state index contributed by atoms with van der Waals surface area (Å²) in [4.78, 5) is 10.6. The Bertz CT molecular complexity index is 204. The average Bonchev–Trinajstić information content (AvgIpc) is 2.62. The fraction of sp³-hybridized carbons (Fsp3) is 0.917. The van der Waals surface area contributed by atoms with E-state index in [1.807, 2.05) is 0 Å². The Morgan fingerprint density at radius 1 is 1.40 bits per heavy atom. The minimum atomic E-state index is -1.45. The van der Waals surface area contributed by atoms with Crippen LogP contribution in [0.5, 0.6) is 0 Å². The number of aldehydes is 1. The Labute approximate surface area is 94.5 Å². The summed E-state index contributed by atoms with van der Waals surface area (Å²) in [5.74, 6) is 0.269. The van der Waals surface area contributed by atoms with Crippen molar-refractivity contribution in [1.29, 1.82) is 0 Å². The van der Waals surface area contributed by atoms with Crippen molar-refractivity contribution in [3.8, 4) is 0 Å². The van der Waals surface area contributed by atoms with E-state index in [-0.39, 0.29) is 5.92 Å².